The van der Waals surface area contributed by atoms with E-state index in [1.165, 1.54) is 0 Å². The van der Waals surface area contributed by atoms with Crippen molar-refractivity contribution in [1.82, 2.24) is 10.2 Å². The fourth-order valence-corrected chi connectivity index (χ4v) is 2.11. The molecule has 1 aliphatic heterocycles. The fourth-order valence-electron chi connectivity index (χ4n) is 2.11. The molecule has 0 bridgehead atoms. The van der Waals surface area contributed by atoms with E-state index in [4.69, 9.17) is 0 Å². The summed E-state index contributed by atoms with van der Waals surface area (Å²) in [6, 6.07) is 0.0550. The maximum absolute atomic E-state index is 12.1. The van der Waals surface area contributed by atoms with Crippen LogP contribution in [-0.4, -0.2) is 29.6 Å². The van der Waals surface area contributed by atoms with Gasteiger partial charge >= 0.3 is 0 Å². The molecule has 1 amide bonds. The molecule has 3 nitrogen and oxygen atoms in total. The van der Waals surface area contributed by atoms with Crippen LogP contribution in [0.5, 0.6) is 0 Å². The molecular formula is C13H26N2O. The van der Waals surface area contributed by atoms with Gasteiger partial charge in [0.05, 0.1) is 12.2 Å². The lowest BCUT2D eigenvalue weighted by atomic mass is 9.97. The summed E-state index contributed by atoms with van der Waals surface area (Å²) in [5, 5.41) is 3.38. The van der Waals surface area contributed by atoms with Gasteiger partial charge in [-0.1, -0.05) is 34.1 Å². The van der Waals surface area contributed by atoms with E-state index in [0.29, 0.717) is 17.7 Å². The van der Waals surface area contributed by atoms with Gasteiger partial charge in [0, 0.05) is 6.54 Å². The molecule has 0 aromatic carbocycles. The minimum Gasteiger partial charge on any atom is -0.326 e. The Kier molecular flexibility index (Phi) is 4.78. The van der Waals surface area contributed by atoms with E-state index in [1.54, 1.807) is 0 Å². The second-order valence-corrected chi connectivity index (χ2v) is 5.40. The second-order valence-electron chi connectivity index (χ2n) is 5.40. The van der Waals surface area contributed by atoms with Gasteiger partial charge in [0.2, 0.25) is 5.91 Å². The third-order valence-corrected chi connectivity index (χ3v) is 3.69. The van der Waals surface area contributed by atoms with Crippen LogP contribution in [0.1, 0.15) is 47.5 Å². The van der Waals surface area contributed by atoms with Gasteiger partial charge in [-0.05, 0) is 25.2 Å². The van der Waals surface area contributed by atoms with Crippen molar-refractivity contribution in [3.8, 4) is 0 Å². The lowest BCUT2D eigenvalue weighted by Crippen LogP contribution is -2.38. The molecule has 0 aromatic rings. The minimum absolute atomic E-state index is 0.0550. The Balaban J connectivity index is 2.57. The number of nitrogens with one attached hydrogen (secondary N) is 1. The number of hydrogen-bond acceptors (Lipinski definition) is 2. The molecule has 3 heteroatoms. The Morgan fingerprint density at radius 2 is 2.00 bits per heavy atom. The van der Waals surface area contributed by atoms with Gasteiger partial charge in [-0.3, -0.25) is 10.1 Å². The zero-order valence-electron chi connectivity index (χ0n) is 11.3. The van der Waals surface area contributed by atoms with Crippen LogP contribution in [0.25, 0.3) is 0 Å². The van der Waals surface area contributed by atoms with Crippen molar-refractivity contribution >= 4 is 5.91 Å². The highest BCUT2D eigenvalue weighted by atomic mass is 16.2. The molecule has 1 heterocycles. The van der Waals surface area contributed by atoms with E-state index in [1.807, 2.05) is 4.90 Å². The molecule has 3 unspecified atom stereocenters. The Morgan fingerprint density at radius 3 is 2.50 bits per heavy atom. The van der Waals surface area contributed by atoms with E-state index >= 15 is 0 Å². The Bertz CT molecular complexity index is 240. The molecule has 1 rings (SSSR count). The Morgan fingerprint density at radius 1 is 1.38 bits per heavy atom. The van der Waals surface area contributed by atoms with Crippen LogP contribution < -0.4 is 5.32 Å². The van der Waals surface area contributed by atoms with Gasteiger partial charge in [0.1, 0.15) is 0 Å². The van der Waals surface area contributed by atoms with Gasteiger partial charge in [-0.2, -0.15) is 0 Å². The molecule has 16 heavy (non-hydrogen) atoms. The SMILES string of the molecule is CCCC1NC(C)N(CC(C)C(C)C)C1=O. The third-order valence-electron chi connectivity index (χ3n) is 3.69. The quantitative estimate of drug-likeness (QED) is 0.779. The Labute approximate surface area is 99.6 Å². The van der Waals surface area contributed by atoms with Crippen LogP contribution >= 0.6 is 0 Å². The average Bonchev–Trinajstić information content (AvgIpc) is 2.46. The zero-order chi connectivity index (χ0) is 12.3. The molecule has 1 aliphatic rings. The predicted molar refractivity (Wildman–Crippen MR) is 67.0 cm³/mol. The molecule has 1 saturated heterocycles. The first kappa shape index (κ1) is 13.5. The molecule has 0 radical (unpaired) electrons. The summed E-state index contributed by atoms with van der Waals surface area (Å²) in [5.74, 6) is 1.49. The summed E-state index contributed by atoms with van der Waals surface area (Å²) in [7, 11) is 0. The van der Waals surface area contributed by atoms with Crippen LogP contribution in [0.3, 0.4) is 0 Å². The lowest BCUT2D eigenvalue weighted by Gasteiger charge is -2.26. The fraction of sp³-hybridized carbons (Fsp3) is 0.923. The number of amides is 1. The van der Waals surface area contributed by atoms with E-state index < -0.39 is 0 Å². The van der Waals surface area contributed by atoms with E-state index in [9.17, 15) is 4.79 Å². The smallest absolute Gasteiger partial charge is 0.241 e. The standard InChI is InChI=1S/C13H26N2O/c1-6-7-12-13(16)15(11(5)14-12)8-10(4)9(2)3/h9-12,14H,6-8H2,1-5H3. The first-order valence-electron chi connectivity index (χ1n) is 6.53. The normalized spacial score (nSPS) is 27.9. The maximum Gasteiger partial charge on any atom is 0.241 e. The van der Waals surface area contributed by atoms with Crippen LogP contribution in [0.4, 0.5) is 0 Å². The van der Waals surface area contributed by atoms with Crippen molar-refractivity contribution in [2.24, 2.45) is 11.8 Å². The molecule has 0 saturated carbocycles. The van der Waals surface area contributed by atoms with Gasteiger partial charge in [0.25, 0.3) is 0 Å². The largest absolute Gasteiger partial charge is 0.326 e. The molecule has 0 aromatic heterocycles. The van der Waals surface area contributed by atoms with E-state index in [0.717, 1.165) is 19.4 Å². The second kappa shape index (κ2) is 5.67. The van der Waals surface area contributed by atoms with Gasteiger partial charge < -0.3 is 4.90 Å². The van der Waals surface area contributed by atoms with Crippen LogP contribution in [0.2, 0.25) is 0 Å². The average molecular weight is 226 g/mol. The monoisotopic (exact) mass is 226 g/mol. The van der Waals surface area contributed by atoms with Crippen LogP contribution in [-0.2, 0) is 4.79 Å². The van der Waals surface area contributed by atoms with Crippen molar-refractivity contribution in [1.29, 1.82) is 0 Å². The number of nitrogens with zero attached hydrogens (tertiary/aromatic N) is 1. The summed E-state index contributed by atoms with van der Waals surface area (Å²) >= 11 is 0. The highest BCUT2D eigenvalue weighted by molar-refractivity contribution is 5.84. The molecule has 1 fully saturated rings. The zero-order valence-corrected chi connectivity index (χ0v) is 11.3. The molecular weight excluding hydrogens is 200 g/mol. The number of hydrogen-bond donors (Lipinski definition) is 1. The molecule has 94 valence electrons. The highest BCUT2D eigenvalue weighted by Gasteiger charge is 2.36. The van der Waals surface area contributed by atoms with Gasteiger partial charge in [0.15, 0.2) is 0 Å². The number of carbonyl (C=O) groups excluding carboxylic acids is 1. The predicted octanol–water partition coefficient (Wildman–Crippen LogP) is 2.23. The first-order valence-corrected chi connectivity index (χ1v) is 6.53. The van der Waals surface area contributed by atoms with Crippen LogP contribution in [0.15, 0.2) is 0 Å². The van der Waals surface area contributed by atoms with Crippen molar-refractivity contribution in [2.75, 3.05) is 6.54 Å². The maximum atomic E-state index is 12.1. The third kappa shape index (κ3) is 2.97. The van der Waals surface area contributed by atoms with Gasteiger partial charge in [-0.15, -0.1) is 0 Å². The number of rotatable bonds is 5. The first-order chi connectivity index (χ1) is 7.47. The topological polar surface area (TPSA) is 32.3 Å². The lowest BCUT2D eigenvalue weighted by molar-refractivity contribution is -0.130. The highest BCUT2D eigenvalue weighted by Crippen LogP contribution is 2.19. The van der Waals surface area contributed by atoms with Crippen molar-refractivity contribution in [3.63, 3.8) is 0 Å². The van der Waals surface area contributed by atoms with E-state index in [-0.39, 0.29) is 12.2 Å². The number of carbonyl (C=O) groups is 1. The molecule has 0 aliphatic carbocycles. The molecule has 3 atom stereocenters. The summed E-state index contributed by atoms with van der Waals surface area (Å²) in [6.45, 7) is 11.7. The minimum atomic E-state index is 0.0550. The summed E-state index contributed by atoms with van der Waals surface area (Å²) in [4.78, 5) is 14.1. The van der Waals surface area contributed by atoms with Crippen molar-refractivity contribution in [3.05, 3.63) is 0 Å². The summed E-state index contributed by atoms with van der Waals surface area (Å²) < 4.78 is 0. The van der Waals surface area contributed by atoms with Crippen molar-refractivity contribution < 1.29 is 4.79 Å². The van der Waals surface area contributed by atoms with Crippen LogP contribution in [0, 0.1) is 11.8 Å². The van der Waals surface area contributed by atoms with Gasteiger partial charge in [-0.25, -0.2) is 0 Å². The Hall–Kier alpha value is -0.570. The summed E-state index contributed by atoms with van der Waals surface area (Å²) in [6.07, 6.45) is 2.21. The summed E-state index contributed by atoms with van der Waals surface area (Å²) in [5.41, 5.74) is 0. The molecule has 1 N–H and O–H groups in total. The van der Waals surface area contributed by atoms with E-state index in [2.05, 4.69) is 39.9 Å². The molecule has 0 spiro atoms. The van der Waals surface area contributed by atoms with Crippen molar-refractivity contribution in [2.45, 2.75) is 59.7 Å².